The first-order chi connectivity index (χ1) is 13.8. The van der Waals surface area contributed by atoms with E-state index >= 15 is 0 Å². The van der Waals surface area contributed by atoms with Gasteiger partial charge < -0.3 is 19.9 Å². The van der Waals surface area contributed by atoms with Crippen molar-refractivity contribution < 1.29 is 24.2 Å². The van der Waals surface area contributed by atoms with E-state index in [-0.39, 0.29) is 5.57 Å². The average molecular weight is 571 g/mol. The fourth-order valence-electron chi connectivity index (χ4n) is 2.26. The van der Waals surface area contributed by atoms with Gasteiger partial charge in [0.15, 0.2) is 18.1 Å². The highest BCUT2D eigenvalue weighted by Gasteiger charge is 2.15. The molecular formula is C20H16BrIN2O5. The molecule has 2 N–H and O–H groups in total. The third-order valence-corrected chi connectivity index (χ3v) is 4.78. The molecule has 0 saturated carbocycles. The number of halogens is 2. The number of anilines is 1. The second-order valence-corrected chi connectivity index (χ2v) is 7.65. The number of amides is 1. The van der Waals surface area contributed by atoms with Gasteiger partial charge in [0.05, 0.1) is 10.2 Å². The van der Waals surface area contributed by atoms with Crippen LogP contribution in [0.15, 0.2) is 46.4 Å². The summed E-state index contributed by atoms with van der Waals surface area (Å²) in [5.41, 5.74) is 1.01. The van der Waals surface area contributed by atoms with Crippen LogP contribution in [0.3, 0.4) is 0 Å². The highest BCUT2D eigenvalue weighted by atomic mass is 127. The van der Waals surface area contributed by atoms with Gasteiger partial charge in [-0.15, -0.1) is 0 Å². The zero-order valence-electron chi connectivity index (χ0n) is 15.2. The average Bonchev–Trinajstić information content (AvgIpc) is 2.67. The zero-order valence-corrected chi connectivity index (χ0v) is 19.0. The minimum atomic E-state index is -1.11. The van der Waals surface area contributed by atoms with Crippen molar-refractivity contribution in [2.24, 2.45) is 0 Å². The number of carboxylic acid groups (broad SMARTS) is 1. The summed E-state index contributed by atoms with van der Waals surface area (Å²) >= 11 is 5.30. The minimum absolute atomic E-state index is 0.0922. The molecule has 0 fully saturated rings. The number of aliphatic carboxylic acids is 1. The number of hydrogen-bond acceptors (Lipinski definition) is 5. The van der Waals surface area contributed by atoms with Crippen LogP contribution in [-0.4, -0.2) is 30.2 Å². The molecule has 0 saturated heterocycles. The maximum absolute atomic E-state index is 12.4. The molecule has 0 bridgehead atoms. The van der Waals surface area contributed by atoms with Crippen molar-refractivity contribution in [2.75, 3.05) is 18.5 Å². The van der Waals surface area contributed by atoms with E-state index in [1.807, 2.05) is 28.7 Å². The number of carbonyl (C=O) groups is 2. The Morgan fingerprint density at radius 2 is 1.97 bits per heavy atom. The highest BCUT2D eigenvalue weighted by Crippen LogP contribution is 2.35. The summed E-state index contributed by atoms with van der Waals surface area (Å²) < 4.78 is 12.3. The van der Waals surface area contributed by atoms with Gasteiger partial charge in [0.2, 0.25) is 0 Å². The third kappa shape index (κ3) is 6.76. The fraction of sp³-hybridized carbons (Fsp3) is 0.150. The zero-order chi connectivity index (χ0) is 21.4. The van der Waals surface area contributed by atoms with Crippen molar-refractivity contribution in [3.8, 4) is 17.6 Å². The summed E-state index contributed by atoms with van der Waals surface area (Å²) in [7, 11) is 0. The number of carboxylic acids is 1. The summed E-state index contributed by atoms with van der Waals surface area (Å²) in [6.45, 7) is 1.61. The molecule has 0 aliphatic heterocycles. The number of nitrogens with zero attached hydrogens (tertiary/aromatic N) is 1. The van der Waals surface area contributed by atoms with Gasteiger partial charge in [-0.05, 0) is 77.6 Å². The Balaban J connectivity index is 2.31. The quantitative estimate of drug-likeness (QED) is 0.275. The van der Waals surface area contributed by atoms with Gasteiger partial charge in [-0.25, -0.2) is 4.79 Å². The van der Waals surface area contributed by atoms with Crippen LogP contribution in [0.5, 0.6) is 11.5 Å². The van der Waals surface area contributed by atoms with Crippen molar-refractivity contribution in [1.82, 2.24) is 0 Å². The molecule has 0 atom stereocenters. The van der Waals surface area contributed by atoms with Gasteiger partial charge in [-0.1, -0.05) is 15.9 Å². The van der Waals surface area contributed by atoms with Crippen molar-refractivity contribution in [3.05, 3.63) is 55.6 Å². The van der Waals surface area contributed by atoms with Crippen LogP contribution in [-0.2, 0) is 9.59 Å². The Labute approximate surface area is 189 Å². The molecule has 0 heterocycles. The van der Waals surface area contributed by atoms with Gasteiger partial charge in [0.1, 0.15) is 11.6 Å². The van der Waals surface area contributed by atoms with Crippen LogP contribution in [0.1, 0.15) is 12.5 Å². The normalized spacial score (nSPS) is 10.8. The topological polar surface area (TPSA) is 109 Å². The first-order valence-corrected chi connectivity index (χ1v) is 10.2. The molecule has 0 aliphatic rings. The van der Waals surface area contributed by atoms with E-state index in [0.717, 1.165) is 4.47 Å². The van der Waals surface area contributed by atoms with E-state index in [9.17, 15) is 14.9 Å². The lowest BCUT2D eigenvalue weighted by atomic mass is 10.1. The Kier molecular flexibility index (Phi) is 8.48. The molecule has 1 amide bonds. The lowest BCUT2D eigenvalue weighted by Crippen LogP contribution is -2.13. The number of rotatable bonds is 8. The molecule has 0 aromatic heterocycles. The molecule has 0 radical (unpaired) electrons. The molecule has 29 heavy (non-hydrogen) atoms. The lowest BCUT2D eigenvalue weighted by Gasteiger charge is -2.13. The Morgan fingerprint density at radius 1 is 1.28 bits per heavy atom. The van der Waals surface area contributed by atoms with Crippen molar-refractivity contribution in [2.45, 2.75) is 6.92 Å². The Hall–Kier alpha value is -2.58. The van der Waals surface area contributed by atoms with Gasteiger partial charge in [-0.3, -0.25) is 4.79 Å². The maximum atomic E-state index is 12.4. The van der Waals surface area contributed by atoms with Crippen molar-refractivity contribution in [1.29, 1.82) is 5.26 Å². The highest BCUT2D eigenvalue weighted by molar-refractivity contribution is 14.1. The number of carbonyl (C=O) groups excluding carboxylic acids is 1. The maximum Gasteiger partial charge on any atom is 0.341 e. The Bertz CT molecular complexity index is 984. The summed E-state index contributed by atoms with van der Waals surface area (Å²) in [6, 6.07) is 12.1. The monoisotopic (exact) mass is 570 g/mol. The predicted octanol–water partition coefficient (Wildman–Crippen LogP) is 4.46. The summed E-state index contributed by atoms with van der Waals surface area (Å²) in [4.78, 5) is 23.2. The molecule has 150 valence electrons. The van der Waals surface area contributed by atoms with Crippen molar-refractivity contribution in [3.63, 3.8) is 0 Å². The van der Waals surface area contributed by atoms with Crippen LogP contribution in [0, 0.1) is 14.9 Å². The van der Waals surface area contributed by atoms with Crippen LogP contribution < -0.4 is 14.8 Å². The van der Waals surface area contributed by atoms with E-state index in [1.54, 1.807) is 43.3 Å². The fourth-order valence-corrected chi connectivity index (χ4v) is 3.30. The van der Waals surface area contributed by atoms with Crippen LogP contribution in [0.4, 0.5) is 5.69 Å². The van der Waals surface area contributed by atoms with Gasteiger partial charge >= 0.3 is 5.97 Å². The molecule has 0 unspecified atom stereocenters. The van der Waals surface area contributed by atoms with Crippen LogP contribution in [0.25, 0.3) is 6.08 Å². The van der Waals surface area contributed by atoms with Gasteiger partial charge in [0.25, 0.3) is 5.91 Å². The summed E-state index contributed by atoms with van der Waals surface area (Å²) in [6.07, 6.45) is 1.43. The molecule has 2 aromatic rings. The smallest absolute Gasteiger partial charge is 0.341 e. The number of ether oxygens (including phenoxy) is 2. The summed E-state index contributed by atoms with van der Waals surface area (Å²) in [5, 5.41) is 20.9. The largest absolute Gasteiger partial charge is 0.490 e. The van der Waals surface area contributed by atoms with E-state index in [4.69, 9.17) is 14.6 Å². The van der Waals surface area contributed by atoms with E-state index in [1.165, 1.54) is 6.08 Å². The van der Waals surface area contributed by atoms with Gasteiger partial charge in [-0.2, -0.15) is 5.26 Å². The molecule has 2 aromatic carbocycles. The minimum Gasteiger partial charge on any atom is -0.490 e. The number of nitrogens with one attached hydrogen (secondary N) is 1. The molecular weight excluding hydrogens is 555 g/mol. The third-order valence-electron chi connectivity index (χ3n) is 3.45. The van der Waals surface area contributed by atoms with Crippen molar-refractivity contribution >= 4 is 62.2 Å². The second-order valence-electron chi connectivity index (χ2n) is 5.58. The number of nitriles is 1. The standard InChI is InChI=1S/C20H16BrIN2O5/c1-2-28-17-9-12(8-16(22)19(17)29-11-18(25)26)7-13(10-23)20(27)24-15-5-3-14(21)4-6-15/h3-9H,2,11H2,1H3,(H,24,27)(H,25,26)/b13-7+. The van der Waals surface area contributed by atoms with Gasteiger partial charge in [0, 0.05) is 10.2 Å². The van der Waals surface area contributed by atoms with Crippen LogP contribution >= 0.6 is 38.5 Å². The SMILES string of the molecule is CCOc1cc(/C=C(\C#N)C(=O)Nc2ccc(Br)cc2)cc(I)c1OCC(=O)O. The molecule has 2 rings (SSSR count). The molecule has 0 spiro atoms. The first kappa shape index (κ1) is 22.7. The number of benzene rings is 2. The number of hydrogen-bond donors (Lipinski definition) is 2. The van der Waals surface area contributed by atoms with E-state index < -0.39 is 18.5 Å². The lowest BCUT2D eigenvalue weighted by molar-refractivity contribution is -0.139. The van der Waals surface area contributed by atoms with E-state index in [2.05, 4.69) is 21.2 Å². The molecule has 9 heteroatoms. The molecule has 0 aliphatic carbocycles. The molecule has 7 nitrogen and oxygen atoms in total. The van der Waals surface area contributed by atoms with Crippen LogP contribution in [0.2, 0.25) is 0 Å². The predicted molar refractivity (Wildman–Crippen MR) is 120 cm³/mol. The second kappa shape index (κ2) is 10.8. The summed E-state index contributed by atoms with van der Waals surface area (Å²) in [5.74, 6) is -1.03. The van der Waals surface area contributed by atoms with E-state index in [0.29, 0.717) is 32.9 Å². The Morgan fingerprint density at radius 3 is 2.55 bits per heavy atom. The first-order valence-electron chi connectivity index (χ1n) is 8.33.